The Morgan fingerprint density at radius 3 is 2.20 bits per heavy atom. The Labute approximate surface area is 122 Å². The van der Waals surface area contributed by atoms with Crippen molar-refractivity contribution in [1.29, 1.82) is 0 Å². The highest BCUT2D eigenvalue weighted by Crippen LogP contribution is 2.17. The van der Waals surface area contributed by atoms with Crippen molar-refractivity contribution < 1.29 is 13.5 Å². The van der Waals surface area contributed by atoms with Gasteiger partial charge in [0, 0.05) is 0 Å². The van der Waals surface area contributed by atoms with Crippen molar-refractivity contribution in [2.45, 2.75) is 51.0 Å². The number of hydrogen-bond donors (Lipinski definition) is 2. The average molecular weight is 299 g/mol. The van der Waals surface area contributed by atoms with E-state index < -0.39 is 15.6 Å². The summed E-state index contributed by atoms with van der Waals surface area (Å²) in [4.78, 5) is 0.234. The summed E-state index contributed by atoms with van der Waals surface area (Å²) in [6, 6.07) is 6.93. The SMILES string of the molecule is CCC(C)(CO)NS(=O)(=O)c1ccc(CC(C)C)cc1. The molecule has 0 saturated carbocycles. The van der Waals surface area contributed by atoms with Crippen LogP contribution in [-0.4, -0.2) is 25.7 Å². The van der Waals surface area contributed by atoms with Gasteiger partial charge in [-0.05, 0) is 43.4 Å². The molecular weight excluding hydrogens is 274 g/mol. The van der Waals surface area contributed by atoms with Gasteiger partial charge in [-0.3, -0.25) is 0 Å². The van der Waals surface area contributed by atoms with Gasteiger partial charge in [0.15, 0.2) is 0 Å². The first kappa shape index (κ1) is 17.1. The monoisotopic (exact) mass is 299 g/mol. The van der Waals surface area contributed by atoms with E-state index in [1.165, 1.54) is 0 Å². The third kappa shape index (κ3) is 4.58. The van der Waals surface area contributed by atoms with Crippen LogP contribution in [-0.2, 0) is 16.4 Å². The van der Waals surface area contributed by atoms with Gasteiger partial charge < -0.3 is 5.11 Å². The van der Waals surface area contributed by atoms with Crippen LogP contribution < -0.4 is 4.72 Å². The minimum absolute atomic E-state index is 0.228. The molecule has 1 unspecified atom stereocenters. The lowest BCUT2D eigenvalue weighted by atomic mass is 10.0. The zero-order valence-corrected chi connectivity index (χ0v) is 13.5. The fourth-order valence-corrected chi connectivity index (χ4v) is 3.35. The molecule has 1 atom stereocenters. The van der Waals surface area contributed by atoms with E-state index in [0.29, 0.717) is 12.3 Å². The van der Waals surface area contributed by atoms with Gasteiger partial charge in [-0.2, -0.15) is 0 Å². The lowest BCUT2D eigenvalue weighted by molar-refractivity contribution is 0.191. The van der Waals surface area contributed by atoms with Crippen molar-refractivity contribution in [1.82, 2.24) is 4.72 Å². The maximum atomic E-state index is 12.3. The molecule has 0 bridgehead atoms. The summed E-state index contributed by atoms with van der Waals surface area (Å²) in [6.07, 6.45) is 1.45. The van der Waals surface area contributed by atoms with Crippen molar-refractivity contribution in [3.63, 3.8) is 0 Å². The van der Waals surface area contributed by atoms with Gasteiger partial charge in [0.1, 0.15) is 0 Å². The molecule has 114 valence electrons. The largest absolute Gasteiger partial charge is 0.394 e. The second-order valence-electron chi connectivity index (χ2n) is 5.92. The van der Waals surface area contributed by atoms with Gasteiger partial charge in [0.2, 0.25) is 10.0 Å². The minimum Gasteiger partial charge on any atom is -0.394 e. The standard InChI is InChI=1S/C15H25NO3S/c1-5-15(4,11-17)16-20(18,19)14-8-6-13(7-9-14)10-12(2)3/h6-9,12,16-17H,5,10-11H2,1-4H3. The molecule has 1 rings (SSSR count). The summed E-state index contributed by atoms with van der Waals surface area (Å²) in [7, 11) is -3.60. The Kier molecular flexibility index (Phi) is 5.74. The molecule has 1 aromatic rings. The van der Waals surface area contributed by atoms with Gasteiger partial charge in [0.05, 0.1) is 17.0 Å². The molecule has 0 aliphatic carbocycles. The highest BCUT2D eigenvalue weighted by atomic mass is 32.2. The van der Waals surface area contributed by atoms with E-state index in [2.05, 4.69) is 18.6 Å². The van der Waals surface area contributed by atoms with Crippen LogP contribution in [0, 0.1) is 5.92 Å². The molecule has 4 nitrogen and oxygen atoms in total. The predicted octanol–water partition coefficient (Wildman–Crippen LogP) is 2.32. The third-order valence-electron chi connectivity index (χ3n) is 3.39. The predicted molar refractivity (Wildman–Crippen MR) is 81.1 cm³/mol. The minimum atomic E-state index is -3.60. The first-order valence-corrected chi connectivity index (χ1v) is 8.44. The van der Waals surface area contributed by atoms with Crippen LogP contribution in [0.5, 0.6) is 0 Å². The molecule has 0 fully saturated rings. The zero-order chi connectivity index (χ0) is 15.4. The maximum Gasteiger partial charge on any atom is 0.241 e. The van der Waals surface area contributed by atoms with E-state index >= 15 is 0 Å². The van der Waals surface area contributed by atoms with E-state index in [-0.39, 0.29) is 11.5 Å². The molecule has 0 heterocycles. The quantitative estimate of drug-likeness (QED) is 0.812. The summed E-state index contributed by atoms with van der Waals surface area (Å²) in [6.45, 7) is 7.55. The topological polar surface area (TPSA) is 66.4 Å². The number of aliphatic hydroxyl groups is 1. The number of aliphatic hydroxyl groups excluding tert-OH is 1. The van der Waals surface area contributed by atoms with Crippen LogP contribution in [0.2, 0.25) is 0 Å². The molecule has 1 aromatic carbocycles. The fourth-order valence-electron chi connectivity index (χ4n) is 1.88. The summed E-state index contributed by atoms with van der Waals surface area (Å²) >= 11 is 0. The molecule has 20 heavy (non-hydrogen) atoms. The van der Waals surface area contributed by atoms with Crippen LogP contribution in [0.3, 0.4) is 0 Å². The van der Waals surface area contributed by atoms with Crippen molar-refractivity contribution >= 4 is 10.0 Å². The molecule has 0 radical (unpaired) electrons. The molecule has 2 N–H and O–H groups in total. The Bertz CT molecular complexity index is 517. The van der Waals surface area contributed by atoms with Crippen LogP contribution in [0.25, 0.3) is 0 Å². The normalized spacial score (nSPS) is 15.3. The first-order valence-electron chi connectivity index (χ1n) is 6.96. The number of rotatable bonds is 7. The Balaban J connectivity index is 2.93. The number of nitrogens with one attached hydrogen (secondary N) is 1. The third-order valence-corrected chi connectivity index (χ3v) is 5.04. The zero-order valence-electron chi connectivity index (χ0n) is 12.7. The van der Waals surface area contributed by atoms with E-state index in [4.69, 9.17) is 0 Å². The Morgan fingerprint density at radius 1 is 1.25 bits per heavy atom. The average Bonchev–Trinajstić information content (AvgIpc) is 2.38. The van der Waals surface area contributed by atoms with Crippen molar-refractivity contribution in [3.05, 3.63) is 29.8 Å². The Morgan fingerprint density at radius 2 is 1.80 bits per heavy atom. The van der Waals surface area contributed by atoms with Crippen LogP contribution in [0.15, 0.2) is 29.2 Å². The smallest absolute Gasteiger partial charge is 0.241 e. The molecule has 0 aliphatic rings. The number of hydrogen-bond acceptors (Lipinski definition) is 3. The lowest BCUT2D eigenvalue weighted by Crippen LogP contribution is -2.48. The van der Waals surface area contributed by atoms with Crippen LogP contribution in [0.1, 0.15) is 39.7 Å². The van der Waals surface area contributed by atoms with Gasteiger partial charge in [-0.25, -0.2) is 13.1 Å². The van der Waals surface area contributed by atoms with Crippen molar-refractivity contribution in [2.24, 2.45) is 5.92 Å². The summed E-state index contributed by atoms with van der Waals surface area (Å²) in [5, 5.41) is 9.31. The van der Waals surface area contributed by atoms with Crippen LogP contribution in [0.4, 0.5) is 0 Å². The molecular formula is C15H25NO3S. The fraction of sp³-hybridized carbons (Fsp3) is 0.600. The van der Waals surface area contributed by atoms with Crippen molar-refractivity contribution in [2.75, 3.05) is 6.61 Å². The summed E-state index contributed by atoms with van der Waals surface area (Å²) in [5.41, 5.74) is 0.300. The highest BCUT2D eigenvalue weighted by Gasteiger charge is 2.28. The number of sulfonamides is 1. The molecule has 0 amide bonds. The molecule has 5 heteroatoms. The van der Waals surface area contributed by atoms with Gasteiger partial charge >= 0.3 is 0 Å². The van der Waals surface area contributed by atoms with Gasteiger partial charge in [0.25, 0.3) is 0 Å². The van der Waals surface area contributed by atoms with E-state index in [1.807, 2.05) is 19.1 Å². The van der Waals surface area contributed by atoms with Gasteiger partial charge in [-0.1, -0.05) is 32.9 Å². The molecule has 0 aliphatic heterocycles. The molecule has 0 aromatic heterocycles. The molecule has 0 saturated heterocycles. The summed E-state index contributed by atoms with van der Waals surface area (Å²) in [5.74, 6) is 0.536. The van der Waals surface area contributed by atoms with Crippen molar-refractivity contribution in [3.8, 4) is 0 Å². The summed E-state index contributed by atoms with van der Waals surface area (Å²) < 4.78 is 27.1. The van der Waals surface area contributed by atoms with E-state index in [9.17, 15) is 13.5 Å². The first-order chi connectivity index (χ1) is 9.22. The second-order valence-corrected chi connectivity index (χ2v) is 7.60. The number of benzene rings is 1. The van der Waals surface area contributed by atoms with Crippen LogP contribution >= 0.6 is 0 Å². The second kappa shape index (κ2) is 6.70. The van der Waals surface area contributed by atoms with E-state index in [0.717, 1.165) is 12.0 Å². The molecule has 0 spiro atoms. The lowest BCUT2D eigenvalue weighted by Gasteiger charge is -2.26. The van der Waals surface area contributed by atoms with Gasteiger partial charge in [-0.15, -0.1) is 0 Å². The highest BCUT2D eigenvalue weighted by molar-refractivity contribution is 7.89. The van der Waals surface area contributed by atoms with E-state index in [1.54, 1.807) is 19.1 Å². The Hall–Kier alpha value is -0.910. The maximum absolute atomic E-state index is 12.3.